The van der Waals surface area contributed by atoms with E-state index in [1.54, 1.807) is 16.7 Å². The summed E-state index contributed by atoms with van der Waals surface area (Å²) in [7, 11) is 0. The maximum atomic E-state index is 2.64. The van der Waals surface area contributed by atoms with E-state index >= 15 is 0 Å². The minimum Gasteiger partial charge on any atom is -0.0838 e. The summed E-state index contributed by atoms with van der Waals surface area (Å²) in [5, 5.41) is 0. The molecule has 0 nitrogen and oxygen atoms in total. The van der Waals surface area contributed by atoms with Gasteiger partial charge in [-0.15, -0.1) is 0 Å². The molecule has 0 heterocycles. The summed E-state index contributed by atoms with van der Waals surface area (Å²) < 4.78 is 0. The van der Waals surface area contributed by atoms with Crippen molar-refractivity contribution in [2.24, 2.45) is 0 Å². The molecule has 2 aromatic carbocycles. The molecule has 0 saturated carbocycles. The average molecular weight is 515 g/mol. The zero-order valence-corrected chi connectivity index (χ0v) is 25.8. The van der Waals surface area contributed by atoms with E-state index in [1.807, 2.05) is 0 Å². The third-order valence-electron chi connectivity index (χ3n) is 9.20. The molecule has 3 rings (SSSR count). The van der Waals surface area contributed by atoms with Crippen LogP contribution in [0.2, 0.25) is 0 Å². The van der Waals surface area contributed by atoms with Crippen molar-refractivity contribution in [3.05, 3.63) is 64.7 Å². The Bertz CT molecular complexity index is 975. The molecule has 0 bridgehead atoms. The van der Waals surface area contributed by atoms with Gasteiger partial charge in [-0.05, 0) is 79.0 Å². The van der Waals surface area contributed by atoms with Crippen LogP contribution in [-0.2, 0) is 5.41 Å². The van der Waals surface area contributed by atoms with Crippen LogP contribution >= 0.6 is 0 Å². The fourth-order valence-electron chi connectivity index (χ4n) is 6.91. The predicted octanol–water partition coefficient (Wildman–Crippen LogP) is 12.7. The molecule has 0 amide bonds. The lowest BCUT2D eigenvalue weighted by Gasteiger charge is -2.33. The predicted molar refractivity (Wildman–Crippen MR) is 171 cm³/mol. The van der Waals surface area contributed by atoms with Gasteiger partial charge < -0.3 is 0 Å². The first-order valence-corrected chi connectivity index (χ1v) is 16.5. The van der Waals surface area contributed by atoms with Crippen molar-refractivity contribution in [2.45, 2.75) is 156 Å². The lowest BCUT2D eigenvalue weighted by molar-refractivity contribution is 0.397. The molecule has 0 atom stereocenters. The molecule has 0 radical (unpaired) electrons. The fraction of sp³-hybridized carbons (Fsp3) is 0.632. The molecule has 1 aliphatic carbocycles. The summed E-state index contributed by atoms with van der Waals surface area (Å²) in [4.78, 5) is 0. The van der Waals surface area contributed by atoms with Crippen molar-refractivity contribution < 1.29 is 0 Å². The Morgan fingerprint density at radius 3 is 1.68 bits per heavy atom. The zero-order chi connectivity index (χ0) is 27.2. The number of allylic oxidation sites excluding steroid dienone is 2. The van der Waals surface area contributed by atoms with Crippen LogP contribution in [0.3, 0.4) is 0 Å². The smallest absolute Gasteiger partial charge is 0.0215 e. The van der Waals surface area contributed by atoms with Crippen LogP contribution in [0.4, 0.5) is 0 Å². The lowest BCUT2D eigenvalue weighted by Crippen LogP contribution is -2.26. The number of unbranched alkanes of at least 4 members (excludes halogenated alkanes) is 12. The zero-order valence-electron chi connectivity index (χ0n) is 25.8. The van der Waals surface area contributed by atoms with Crippen molar-refractivity contribution >= 4 is 5.57 Å². The summed E-state index contributed by atoms with van der Waals surface area (Å²) in [6.07, 6.45) is 26.6. The molecule has 0 aliphatic heterocycles. The Hall–Kier alpha value is -1.82. The van der Waals surface area contributed by atoms with Crippen molar-refractivity contribution in [3.63, 3.8) is 0 Å². The van der Waals surface area contributed by atoms with Gasteiger partial charge in [0, 0.05) is 5.41 Å². The normalized spacial score (nSPS) is 14.1. The molecule has 0 heteroatoms. The number of hydrogen-bond acceptors (Lipinski definition) is 0. The Morgan fingerprint density at radius 2 is 1.11 bits per heavy atom. The van der Waals surface area contributed by atoms with Gasteiger partial charge in [-0.3, -0.25) is 0 Å². The van der Waals surface area contributed by atoms with Crippen molar-refractivity contribution in [2.75, 3.05) is 0 Å². The van der Waals surface area contributed by atoms with Crippen LogP contribution in [0, 0.1) is 6.92 Å². The van der Waals surface area contributed by atoms with Gasteiger partial charge in [0.15, 0.2) is 0 Å². The monoisotopic (exact) mass is 514 g/mol. The highest BCUT2D eigenvalue weighted by atomic mass is 14.4. The molecule has 38 heavy (non-hydrogen) atoms. The summed E-state index contributed by atoms with van der Waals surface area (Å²) in [6.45, 7) is 11.5. The van der Waals surface area contributed by atoms with Crippen LogP contribution in [0.15, 0.2) is 42.5 Å². The van der Waals surface area contributed by atoms with E-state index in [9.17, 15) is 0 Å². The first-order chi connectivity index (χ1) is 18.6. The van der Waals surface area contributed by atoms with E-state index in [1.165, 1.54) is 138 Å². The Kier molecular flexibility index (Phi) is 13.2. The fourth-order valence-corrected chi connectivity index (χ4v) is 6.91. The standard InChI is InChI=1S/C38H58/c1-6-10-13-15-17-20-27-38(28-21-18-16-14-11-7-2)36-29-31(5)23-25-34(36)35-26-24-33(30-37(35)38)32(9-4)22-19-12-8-3/h9,23-26,29-30H,6-8,10-22,27-28H2,1-5H3. The highest BCUT2D eigenvalue weighted by Gasteiger charge is 2.42. The van der Waals surface area contributed by atoms with Gasteiger partial charge in [0.2, 0.25) is 0 Å². The molecular formula is C38H58. The molecule has 210 valence electrons. The first kappa shape index (κ1) is 30.7. The molecular weight excluding hydrogens is 456 g/mol. The maximum Gasteiger partial charge on any atom is 0.0215 e. The van der Waals surface area contributed by atoms with E-state index in [4.69, 9.17) is 0 Å². The van der Waals surface area contributed by atoms with E-state index < -0.39 is 0 Å². The second-order valence-electron chi connectivity index (χ2n) is 12.2. The minimum atomic E-state index is 0.185. The van der Waals surface area contributed by atoms with Crippen LogP contribution < -0.4 is 0 Å². The summed E-state index contributed by atoms with van der Waals surface area (Å²) in [5.74, 6) is 0. The minimum absolute atomic E-state index is 0.185. The third kappa shape index (κ3) is 7.86. The topological polar surface area (TPSA) is 0 Å². The van der Waals surface area contributed by atoms with Crippen LogP contribution in [-0.4, -0.2) is 0 Å². The molecule has 2 aromatic rings. The van der Waals surface area contributed by atoms with Gasteiger partial charge in [-0.25, -0.2) is 0 Å². The lowest BCUT2D eigenvalue weighted by atomic mass is 9.70. The Morgan fingerprint density at radius 1 is 0.605 bits per heavy atom. The highest BCUT2D eigenvalue weighted by Crippen LogP contribution is 2.55. The first-order valence-electron chi connectivity index (χ1n) is 16.5. The maximum absolute atomic E-state index is 2.64. The summed E-state index contributed by atoms with van der Waals surface area (Å²) in [5.41, 5.74) is 10.9. The van der Waals surface area contributed by atoms with E-state index in [0.29, 0.717) is 0 Å². The van der Waals surface area contributed by atoms with Gasteiger partial charge in [0.05, 0.1) is 0 Å². The quantitative estimate of drug-likeness (QED) is 0.163. The van der Waals surface area contributed by atoms with E-state index in [-0.39, 0.29) is 5.41 Å². The van der Waals surface area contributed by atoms with Crippen LogP contribution in [0.25, 0.3) is 16.7 Å². The van der Waals surface area contributed by atoms with Gasteiger partial charge in [-0.1, -0.05) is 153 Å². The van der Waals surface area contributed by atoms with Gasteiger partial charge in [0.1, 0.15) is 0 Å². The van der Waals surface area contributed by atoms with Crippen molar-refractivity contribution in [1.29, 1.82) is 0 Å². The number of rotatable bonds is 19. The number of aryl methyl sites for hydroxylation is 1. The SMILES string of the molecule is CC=C(CCCCC)c1ccc2c(c1)C(CCCCCCCC)(CCCCCCCC)c1cc(C)ccc1-2. The molecule has 0 saturated heterocycles. The molecule has 0 spiro atoms. The van der Waals surface area contributed by atoms with E-state index in [0.717, 1.165) is 0 Å². The number of benzene rings is 2. The number of hydrogen-bond donors (Lipinski definition) is 0. The van der Waals surface area contributed by atoms with Crippen LogP contribution in [0.1, 0.15) is 166 Å². The number of fused-ring (bicyclic) bond motifs is 3. The molecule has 0 N–H and O–H groups in total. The largest absolute Gasteiger partial charge is 0.0838 e. The van der Waals surface area contributed by atoms with Gasteiger partial charge >= 0.3 is 0 Å². The van der Waals surface area contributed by atoms with Gasteiger partial charge in [-0.2, -0.15) is 0 Å². The third-order valence-corrected chi connectivity index (χ3v) is 9.20. The molecule has 0 aromatic heterocycles. The average Bonchev–Trinajstić information content (AvgIpc) is 3.19. The van der Waals surface area contributed by atoms with Crippen molar-refractivity contribution in [1.82, 2.24) is 0 Å². The summed E-state index contributed by atoms with van der Waals surface area (Å²) in [6, 6.07) is 14.9. The van der Waals surface area contributed by atoms with E-state index in [2.05, 4.69) is 77.1 Å². The highest BCUT2D eigenvalue weighted by molar-refractivity contribution is 5.83. The van der Waals surface area contributed by atoms with Crippen molar-refractivity contribution in [3.8, 4) is 11.1 Å². The second kappa shape index (κ2) is 16.3. The molecule has 1 aliphatic rings. The second-order valence-corrected chi connectivity index (χ2v) is 12.2. The van der Waals surface area contributed by atoms with Crippen LogP contribution in [0.5, 0.6) is 0 Å². The Balaban J connectivity index is 1.96. The molecule has 0 fully saturated rings. The summed E-state index contributed by atoms with van der Waals surface area (Å²) >= 11 is 0. The molecule has 0 unspecified atom stereocenters. The Labute approximate surface area is 236 Å². The van der Waals surface area contributed by atoms with Gasteiger partial charge in [0.25, 0.3) is 0 Å².